The van der Waals surface area contributed by atoms with E-state index in [0.717, 1.165) is 5.56 Å². The Morgan fingerprint density at radius 1 is 1.30 bits per heavy atom. The highest BCUT2D eigenvalue weighted by Gasteiger charge is 2.26. The Kier molecular flexibility index (Phi) is 5.27. The van der Waals surface area contributed by atoms with Crippen molar-refractivity contribution in [3.63, 3.8) is 0 Å². The second-order valence-corrected chi connectivity index (χ2v) is 5.13. The number of nitrogens with one attached hydrogen (secondary N) is 2. The maximum absolute atomic E-state index is 12.2. The fraction of sp³-hybridized carbons (Fsp3) is 0.467. The molecule has 110 valence electrons. The van der Waals surface area contributed by atoms with E-state index in [1.54, 1.807) is 18.2 Å². The second-order valence-electron chi connectivity index (χ2n) is 5.13. The van der Waals surface area contributed by atoms with Gasteiger partial charge in [-0.05, 0) is 51.1 Å². The molecular weight excluding hydrogens is 256 g/mol. The fourth-order valence-corrected chi connectivity index (χ4v) is 1.85. The third-order valence-electron chi connectivity index (χ3n) is 3.08. The van der Waals surface area contributed by atoms with Crippen molar-refractivity contribution < 1.29 is 14.3 Å². The first kappa shape index (κ1) is 16.2. The van der Waals surface area contributed by atoms with Crippen LogP contribution >= 0.6 is 0 Å². The number of benzene rings is 1. The average Bonchev–Trinajstić information content (AvgIpc) is 2.39. The number of carbonyl (C=O) groups is 2. The number of ether oxygens (including phenoxy) is 1. The number of amides is 1. The highest BCUT2D eigenvalue weighted by Crippen LogP contribution is 2.18. The topological polar surface area (TPSA) is 67.4 Å². The van der Waals surface area contributed by atoms with Crippen molar-refractivity contribution in [2.75, 3.05) is 19.0 Å². The minimum atomic E-state index is -0.651. The van der Waals surface area contributed by atoms with Gasteiger partial charge in [-0.15, -0.1) is 0 Å². The molecule has 1 amide bonds. The van der Waals surface area contributed by atoms with E-state index in [9.17, 15) is 9.59 Å². The molecule has 0 radical (unpaired) electrons. The van der Waals surface area contributed by atoms with Gasteiger partial charge in [0.15, 0.2) is 0 Å². The van der Waals surface area contributed by atoms with Crippen LogP contribution in [0.15, 0.2) is 18.2 Å². The van der Waals surface area contributed by atoms with Gasteiger partial charge in [0.1, 0.15) is 0 Å². The monoisotopic (exact) mass is 278 g/mol. The van der Waals surface area contributed by atoms with E-state index in [1.165, 1.54) is 7.11 Å². The molecule has 1 aromatic rings. The third kappa shape index (κ3) is 3.81. The van der Waals surface area contributed by atoms with Crippen LogP contribution in [0.4, 0.5) is 5.69 Å². The zero-order valence-corrected chi connectivity index (χ0v) is 12.7. The number of aryl methyl sites for hydroxylation is 1. The molecule has 1 aromatic carbocycles. The van der Waals surface area contributed by atoms with Gasteiger partial charge in [-0.3, -0.25) is 4.79 Å². The summed E-state index contributed by atoms with van der Waals surface area (Å²) in [5.74, 6) is -0.507. The number of esters is 1. The van der Waals surface area contributed by atoms with Gasteiger partial charge in [-0.25, -0.2) is 4.79 Å². The first-order valence-electron chi connectivity index (χ1n) is 6.57. The number of rotatable bonds is 5. The Balaban J connectivity index is 2.89. The first-order chi connectivity index (χ1) is 9.31. The smallest absolute Gasteiger partial charge is 0.337 e. The minimum absolute atomic E-state index is 0.117. The molecule has 20 heavy (non-hydrogen) atoms. The quantitative estimate of drug-likeness (QED) is 0.809. The maximum Gasteiger partial charge on any atom is 0.337 e. The van der Waals surface area contributed by atoms with E-state index in [4.69, 9.17) is 0 Å². The largest absolute Gasteiger partial charge is 0.465 e. The van der Waals surface area contributed by atoms with Gasteiger partial charge in [0.2, 0.25) is 5.91 Å². The van der Waals surface area contributed by atoms with Crippen LogP contribution in [-0.2, 0) is 9.53 Å². The molecule has 5 heteroatoms. The Morgan fingerprint density at radius 3 is 2.45 bits per heavy atom. The third-order valence-corrected chi connectivity index (χ3v) is 3.08. The van der Waals surface area contributed by atoms with E-state index in [-0.39, 0.29) is 11.9 Å². The molecule has 0 saturated heterocycles. The molecule has 0 aliphatic rings. The minimum Gasteiger partial charge on any atom is -0.465 e. The van der Waals surface area contributed by atoms with Crippen LogP contribution in [0.2, 0.25) is 0 Å². The summed E-state index contributed by atoms with van der Waals surface area (Å²) < 4.78 is 4.66. The number of anilines is 1. The van der Waals surface area contributed by atoms with Crippen LogP contribution in [-0.4, -0.2) is 31.1 Å². The van der Waals surface area contributed by atoms with Crippen molar-refractivity contribution >= 4 is 17.6 Å². The summed E-state index contributed by atoms with van der Waals surface area (Å²) in [5, 5.41) is 5.98. The lowest BCUT2D eigenvalue weighted by atomic mass is 10.0. The SMILES string of the molecule is CCNC(C)(C)C(=O)Nc1ccc(C(=O)OC)cc1C. The molecule has 0 spiro atoms. The maximum atomic E-state index is 12.2. The molecule has 1 rings (SSSR count). The van der Waals surface area contributed by atoms with Crippen LogP contribution in [0.3, 0.4) is 0 Å². The number of likely N-dealkylation sites (N-methyl/N-ethyl adjacent to an activating group) is 1. The average molecular weight is 278 g/mol. The number of methoxy groups -OCH3 is 1. The normalized spacial score (nSPS) is 11.1. The molecule has 0 bridgehead atoms. The molecule has 0 saturated carbocycles. The summed E-state index contributed by atoms with van der Waals surface area (Å²) in [5.41, 5.74) is 1.32. The van der Waals surface area contributed by atoms with Crippen molar-refractivity contribution in [2.24, 2.45) is 0 Å². The predicted octanol–water partition coefficient (Wildman–Crippen LogP) is 2.11. The number of carbonyl (C=O) groups excluding carboxylic acids is 2. The lowest BCUT2D eigenvalue weighted by Gasteiger charge is -2.25. The van der Waals surface area contributed by atoms with Gasteiger partial charge >= 0.3 is 5.97 Å². The van der Waals surface area contributed by atoms with Crippen LogP contribution in [0.25, 0.3) is 0 Å². The van der Waals surface area contributed by atoms with Gasteiger partial charge < -0.3 is 15.4 Å². The van der Waals surface area contributed by atoms with Gasteiger partial charge in [0, 0.05) is 5.69 Å². The zero-order chi connectivity index (χ0) is 15.3. The van der Waals surface area contributed by atoms with E-state index >= 15 is 0 Å². The van der Waals surface area contributed by atoms with Gasteiger partial charge in [0.25, 0.3) is 0 Å². The summed E-state index contributed by atoms with van der Waals surface area (Å²) in [6, 6.07) is 5.04. The fourth-order valence-electron chi connectivity index (χ4n) is 1.85. The summed E-state index contributed by atoms with van der Waals surface area (Å²) >= 11 is 0. The molecule has 0 unspecified atom stereocenters. The summed E-state index contributed by atoms with van der Waals surface area (Å²) in [4.78, 5) is 23.6. The zero-order valence-electron chi connectivity index (χ0n) is 12.7. The Labute approximate surface area is 119 Å². The Morgan fingerprint density at radius 2 is 1.95 bits per heavy atom. The molecule has 2 N–H and O–H groups in total. The lowest BCUT2D eigenvalue weighted by Crippen LogP contribution is -2.49. The van der Waals surface area contributed by atoms with Crippen LogP contribution in [0.1, 0.15) is 36.7 Å². The Bertz CT molecular complexity index is 510. The van der Waals surface area contributed by atoms with Gasteiger partial charge in [-0.1, -0.05) is 6.92 Å². The molecule has 0 aliphatic carbocycles. The van der Waals surface area contributed by atoms with E-state index in [2.05, 4.69) is 15.4 Å². The van der Waals surface area contributed by atoms with Crippen molar-refractivity contribution in [3.05, 3.63) is 29.3 Å². The molecule has 0 aromatic heterocycles. The van der Waals surface area contributed by atoms with Crippen molar-refractivity contribution in [1.29, 1.82) is 0 Å². The molecule has 0 fully saturated rings. The highest BCUT2D eigenvalue weighted by molar-refractivity contribution is 5.98. The van der Waals surface area contributed by atoms with E-state index in [1.807, 2.05) is 27.7 Å². The van der Waals surface area contributed by atoms with Gasteiger partial charge in [0.05, 0.1) is 18.2 Å². The Hall–Kier alpha value is -1.88. The summed E-state index contributed by atoms with van der Waals surface area (Å²) in [6.07, 6.45) is 0. The summed E-state index contributed by atoms with van der Waals surface area (Å²) in [7, 11) is 1.34. The van der Waals surface area contributed by atoms with Crippen LogP contribution in [0.5, 0.6) is 0 Å². The van der Waals surface area contributed by atoms with Crippen LogP contribution in [0, 0.1) is 6.92 Å². The van der Waals surface area contributed by atoms with Crippen molar-refractivity contribution in [3.8, 4) is 0 Å². The number of hydrogen-bond donors (Lipinski definition) is 2. The molecule has 5 nitrogen and oxygen atoms in total. The van der Waals surface area contributed by atoms with Crippen molar-refractivity contribution in [2.45, 2.75) is 33.2 Å². The van der Waals surface area contributed by atoms with E-state index in [0.29, 0.717) is 17.8 Å². The van der Waals surface area contributed by atoms with Crippen LogP contribution < -0.4 is 10.6 Å². The first-order valence-corrected chi connectivity index (χ1v) is 6.57. The summed E-state index contributed by atoms with van der Waals surface area (Å²) in [6.45, 7) is 8.14. The highest BCUT2D eigenvalue weighted by atomic mass is 16.5. The lowest BCUT2D eigenvalue weighted by molar-refractivity contribution is -0.121. The molecule has 0 aliphatic heterocycles. The number of hydrogen-bond acceptors (Lipinski definition) is 4. The molecule has 0 heterocycles. The van der Waals surface area contributed by atoms with Gasteiger partial charge in [-0.2, -0.15) is 0 Å². The molecular formula is C15H22N2O3. The molecule has 0 atom stereocenters. The standard InChI is InChI=1S/C15H22N2O3/c1-6-16-15(3,4)14(19)17-12-8-7-11(9-10(12)2)13(18)20-5/h7-9,16H,6H2,1-5H3,(H,17,19). The predicted molar refractivity (Wildman–Crippen MR) is 78.9 cm³/mol. The second kappa shape index (κ2) is 6.52. The van der Waals surface area contributed by atoms with E-state index < -0.39 is 5.54 Å². The van der Waals surface area contributed by atoms with Crippen molar-refractivity contribution in [1.82, 2.24) is 5.32 Å².